The third-order valence-electron chi connectivity index (χ3n) is 5.17. The third kappa shape index (κ3) is 4.05. The van der Waals surface area contributed by atoms with Gasteiger partial charge in [0.05, 0.1) is 5.69 Å². The molecule has 27 heavy (non-hydrogen) atoms. The van der Waals surface area contributed by atoms with Gasteiger partial charge < -0.3 is 4.57 Å². The van der Waals surface area contributed by atoms with Crippen LogP contribution in [0.4, 0.5) is 5.69 Å². The van der Waals surface area contributed by atoms with Gasteiger partial charge in [-0.2, -0.15) is 0 Å². The maximum Gasteiger partial charge on any atom is 0.0630 e. The van der Waals surface area contributed by atoms with E-state index in [1.54, 1.807) is 0 Å². The Morgan fingerprint density at radius 2 is 1.63 bits per heavy atom. The molecule has 3 aromatic rings. The fourth-order valence-corrected chi connectivity index (χ4v) is 3.51. The molecule has 0 aliphatic carbocycles. The fourth-order valence-electron chi connectivity index (χ4n) is 3.51. The summed E-state index contributed by atoms with van der Waals surface area (Å²) in [6.45, 7) is 13.2. The zero-order valence-electron chi connectivity index (χ0n) is 17.4. The molecule has 0 amide bonds. The number of benzene rings is 2. The van der Waals surface area contributed by atoms with Crippen LogP contribution in [0.3, 0.4) is 0 Å². The molecule has 2 aromatic carbocycles. The lowest BCUT2D eigenvalue weighted by atomic mass is 9.87. The van der Waals surface area contributed by atoms with Gasteiger partial charge in [-0.15, -0.1) is 0 Å². The lowest BCUT2D eigenvalue weighted by Gasteiger charge is -2.18. The van der Waals surface area contributed by atoms with Crippen LogP contribution in [0.5, 0.6) is 0 Å². The Hall–Kier alpha value is -2.61. The largest absolute Gasteiger partial charge is 0.318 e. The molecule has 2 nitrogen and oxygen atoms in total. The van der Waals surface area contributed by atoms with Crippen molar-refractivity contribution in [1.29, 1.82) is 0 Å². The summed E-state index contributed by atoms with van der Waals surface area (Å²) >= 11 is 0. The molecule has 0 bridgehead atoms. The summed E-state index contributed by atoms with van der Waals surface area (Å²) in [6.07, 6.45) is 3.01. The highest BCUT2D eigenvalue weighted by atomic mass is 15.0. The van der Waals surface area contributed by atoms with Gasteiger partial charge in [-0.25, -0.2) is 0 Å². The number of hydrogen-bond acceptors (Lipinski definition) is 1. The molecule has 0 radical (unpaired) electrons. The normalized spacial score (nSPS) is 12.1. The van der Waals surface area contributed by atoms with Crippen molar-refractivity contribution in [3.05, 3.63) is 82.7 Å². The first kappa shape index (κ1) is 19.2. The second-order valence-electron chi connectivity index (χ2n) is 8.20. The van der Waals surface area contributed by atoms with E-state index in [1.807, 2.05) is 6.21 Å². The van der Waals surface area contributed by atoms with Gasteiger partial charge in [0.15, 0.2) is 0 Å². The monoisotopic (exact) mass is 358 g/mol. The summed E-state index contributed by atoms with van der Waals surface area (Å²) in [5, 5.41) is 0. The first-order valence-corrected chi connectivity index (χ1v) is 9.73. The summed E-state index contributed by atoms with van der Waals surface area (Å²) in [5.41, 5.74) is 8.74. The second kappa shape index (κ2) is 7.56. The van der Waals surface area contributed by atoms with Crippen LogP contribution in [0, 0.1) is 13.8 Å². The summed E-state index contributed by atoms with van der Waals surface area (Å²) in [4.78, 5) is 4.71. The van der Waals surface area contributed by atoms with Gasteiger partial charge >= 0.3 is 0 Å². The van der Waals surface area contributed by atoms with Crippen LogP contribution in [0.15, 0.2) is 59.6 Å². The van der Waals surface area contributed by atoms with E-state index in [-0.39, 0.29) is 5.41 Å². The van der Waals surface area contributed by atoms with E-state index in [0.717, 1.165) is 12.1 Å². The van der Waals surface area contributed by atoms with E-state index in [2.05, 4.69) is 101 Å². The zero-order chi connectivity index (χ0) is 19.6. The Kier molecular flexibility index (Phi) is 5.36. The number of para-hydroxylation sites is 1. The maximum absolute atomic E-state index is 4.71. The van der Waals surface area contributed by atoms with Crippen molar-refractivity contribution < 1.29 is 0 Å². The van der Waals surface area contributed by atoms with Gasteiger partial charge in [0, 0.05) is 28.9 Å². The SMILES string of the molecule is CCc1ccccc1-n1c(C)cc(C=Nc2ccc(C(C)(C)C)cc2)c1C. The first-order chi connectivity index (χ1) is 12.8. The predicted molar refractivity (Wildman–Crippen MR) is 117 cm³/mol. The van der Waals surface area contributed by atoms with Gasteiger partial charge in [-0.1, -0.05) is 58.0 Å². The number of nitrogens with zero attached hydrogens (tertiary/aromatic N) is 2. The molecule has 0 saturated heterocycles. The van der Waals surface area contributed by atoms with Crippen LogP contribution in [0.2, 0.25) is 0 Å². The van der Waals surface area contributed by atoms with Gasteiger partial charge in [0.1, 0.15) is 0 Å². The molecular formula is C25H30N2. The third-order valence-corrected chi connectivity index (χ3v) is 5.17. The van der Waals surface area contributed by atoms with Crippen molar-refractivity contribution in [3.8, 4) is 5.69 Å². The van der Waals surface area contributed by atoms with Crippen LogP contribution in [0.25, 0.3) is 5.69 Å². The van der Waals surface area contributed by atoms with Crippen LogP contribution in [0.1, 0.15) is 55.8 Å². The second-order valence-corrected chi connectivity index (χ2v) is 8.20. The predicted octanol–water partition coefficient (Wildman–Crippen LogP) is 6.70. The standard InChI is InChI=1S/C25H30N2/c1-7-20-10-8-9-11-24(20)27-18(2)16-21(19(27)3)17-26-23-14-12-22(13-15-23)25(4,5)6/h8-17H,7H2,1-6H3. The van der Waals surface area contributed by atoms with Crippen molar-refractivity contribution >= 4 is 11.9 Å². The minimum Gasteiger partial charge on any atom is -0.318 e. The molecule has 0 unspecified atom stereocenters. The van der Waals surface area contributed by atoms with Crippen molar-refractivity contribution in [2.75, 3.05) is 0 Å². The first-order valence-electron chi connectivity index (χ1n) is 9.73. The molecule has 0 N–H and O–H groups in total. The van der Waals surface area contributed by atoms with E-state index >= 15 is 0 Å². The minimum absolute atomic E-state index is 0.167. The summed E-state index contributed by atoms with van der Waals surface area (Å²) in [6, 6.07) is 19.4. The Morgan fingerprint density at radius 1 is 0.963 bits per heavy atom. The molecule has 1 aromatic heterocycles. The van der Waals surface area contributed by atoms with Crippen molar-refractivity contribution in [3.63, 3.8) is 0 Å². The Balaban J connectivity index is 1.92. The summed E-state index contributed by atoms with van der Waals surface area (Å²) in [7, 11) is 0. The van der Waals surface area contributed by atoms with Crippen molar-refractivity contribution in [2.24, 2.45) is 4.99 Å². The van der Waals surface area contributed by atoms with Crippen LogP contribution >= 0.6 is 0 Å². The number of aliphatic imine (C=N–C) groups is 1. The fraction of sp³-hybridized carbons (Fsp3) is 0.320. The quantitative estimate of drug-likeness (QED) is 0.461. The average molecular weight is 359 g/mol. The number of aromatic nitrogens is 1. The maximum atomic E-state index is 4.71. The Labute approximate surface area is 163 Å². The zero-order valence-corrected chi connectivity index (χ0v) is 17.4. The van der Waals surface area contributed by atoms with E-state index in [1.165, 1.54) is 33.8 Å². The average Bonchev–Trinajstić information content (AvgIpc) is 2.93. The highest BCUT2D eigenvalue weighted by molar-refractivity contribution is 5.84. The topological polar surface area (TPSA) is 17.3 Å². The smallest absolute Gasteiger partial charge is 0.0630 e. The van der Waals surface area contributed by atoms with Crippen molar-refractivity contribution in [2.45, 2.75) is 53.4 Å². The van der Waals surface area contributed by atoms with Crippen molar-refractivity contribution in [1.82, 2.24) is 4.57 Å². The number of aryl methyl sites for hydroxylation is 2. The molecule has 0 atom stereocenters. The highest BCUT2D eigenvalue weighted by Crippen LogP contribution is 2.26. The molecule has 0 aliphatic rings. The molecule has 1 heterocycles. The lowest BCUT2D eigenvalue weighted by molar-refractivity contribution is 0.590. The van der Waals surface area contributed by atoms with Gasteiger partial charge in [0.25, 0.3) is 0 Å². The van der Waals surface area contributed by atoms with Crippen LogP contribution in [-0.4, -0.2) is 10.8 Å². The number of hydrogen-bond donors (Lipinski definition) is 0. The molecular weight excluding hydrogens is 328 g/mol. The molecule has 2 heteroatoms. The molecule has 0 fully saturated rings. The van der Waals surface area contributed by atoms with E-state index in [9.17, 15) is 0 Å². The summed E-state index contributed by atoms with van der Waals surface area (Å²) in [5.74, 6) is 0. The van der Waals surface area contributed by atoms with E-state index in [4.69, 9.17) is 4.99 Å². The van der Waals surface area contributed by atoms with E-state index in [0.29, 0.717) is 0 Å². The molecule has 0 saturated carbocycles. The summed E-state index contributed by atoms with van der Waals surface area (Å²) < 4.78 is 2.34. The Bertz CT molecular complexity index is 951. The highest BCUT2D eigenvalue weighted by Gasteiger charge is 2.13. The molecule has 3 rings (SSSR count). The lowest BCUT2D eigenvalue weighted by Crippen LogP contribution is -2.10. The number of rotatable bonds is 4. The molecule has 140 valence electrons. The Morgan fingerprint density at radius 3 is 2.26 bits per heavy atom. The van der Waals surface area contributed by atoms with Gasteiger partial charge in [-0.05, 0) is 61.1 Å². The van der Waals surface area contributed by atoms with Crippen LogP contribution in [-0.2, 0) is 11.8 Å². The van der Waals surface area contributed by atoms with Crippen LogP contribution < -0.4 is 0 Å². The minimum atomic E-state index is 0.167. The molecule has 0 aliphatic heterocycles. The van der Waals surface area contributed by atoms with E-state index < -0.39 is 0 Å². The van der Waals surface area contributed by atoms with Gasteiger partial charge in [0.2, 0.25) is 0 Å². The van der Waals surface area contributed by atoms with Gasteiger partial charge in [-0.3, -0.25) is 4.99 Å². The molecule has 0 spiro atoms.